The van der Waals surface area contributed by atoms with Crippen molar-refractivity contribution in [3.8, 4) is 0 Å². The molecular formula is C10H10BrNO3. The van der Waals surface area contributed by atoms with Crippen LogP contribution in [0.1, 0.15) is 11.1 Å². The zero-order chi connectivity index (χ0) is 11.6. The quantitative estimate of drug-likeness (QED) is 0.769. The van der Waals surface area contributed by atoms with Crippen LogP contribution in [0.3, 0.4) is 0 Å². The minimum absolute atomic E-state index is 0.547. The van der Waals surface area contributed by atoms with Crippen molar-refractivity contribution in [2.45, 2.75) is 13.8 Å². The van der Waals surface area contributed by atoms with Crippen molar-refractivity contribution in [2.24, 2.45) is 0 Å². The molecule has 0 atom stereocenters. The van der Waals surface area contributed by atoms with E-state index in [4.69, 9.17) is 5.11 Å². The fraction of sp³-hybridized carbons (Fsp3) is 0.200. The molecule has 2 N–H and O–H groups in total. The molecule has 15 heavy (non-hydrogen) atoms. The van der Waals surface area contributed by atoms with E-state index in [9.17, 15) is 9.59 Å². The second kappa shape index (κ2) is 4.44. The van der Waals surface area contributed by atoms with Crippen molar-refractivity contribution in [1.29, 1.82) is 0 Å². The first kappa shape index (κ1) is 11.7. The number of aryl methyl sites for hydroxylation is 2. The highest BCUT2D eigenvalue weighted by Gasteiger charge is 2.14. The number of carbonyl (C=O) groups is 2. The lowest BCUT2D eigenvalue weighted by molar-refractivity contribution is -0.147. The highest BCUT2D eigenvalue weighted by Crippen LogP contribution is 2.24. The number of hydrogen-bond acceptors (Lipinski definition) is 2. The lowest BCUT2D eigenvalue weighted by Gasteiger charge is -2.10. The molecule has 4 nitrogen and oxygen atoms in total. The predicted octanol–water partition coefficient (Wildman–Crippen LogP) is 2.09. The monoisotopic (exact) mass is 271 g/mol. The van der Waals surface area contributed by atoms with Crippen LogP contribution < -0.4 is 5.32 Å². The number of carboxylic acids is 1. The Morgan fingerprint density at radius 2 is 1.73 bits per heavy atom. The standard InChI is InChI=1S/C10H10BrNO3/c1-5-3-7(11)4-6(2)8(5)12-9(13)10(14)15/h3-4H,1-2H3,(H,12,13)(H,14,15). The third-order valence-electron chi connectivity index (χ3n) is 1.93. The topological polar surface area (TPSA) is 66.4 Å². The zero-order valence-corrected chi connectivity index (χ0v) is 9.88. The number of anilines is 1. The van der Waals surface area contributed by atoms with Gasteiger partial charge in [-0.05, 0) is 37.1 Å². The molecule has 1 aromatic carbocycles. The van der Waals surface area contributed by atoms with E-state index in [0.29, 0.717) is 5.69 Å². The van der Waals surface area contributed by atoms with Crippen LogP contribution in [0.15, 0.2) is 16.6 Å². The molecule has 0 unspecified atom stereocenters. The summed E-state index contributed by atoms with van der Waals surface area (Å²) in [7, 11) is 0. The third-order valence-corrected chi connectivity index (χ3v) is 2.39. The van der Waals surface area contributed by atoms with Gasteiger partial charge in [0.15, 0.2) is 0 Å². The minimum Gasteiger partial charge on any atom is -0.474 e. The van der Waals surface area contributed by atoms with Crippen LogP contribution in [0.2, 0.25) is 0 Å². The summed E-state index contributed by atoms with van der Waals surface area (Å²) >= 11 is 3.31. The first-order chi connectivity index (χ1) is 6.91. The molecule has 0 aliphatic heterocycles. The van der Waals surface area contributed by atoms with Crippen molar-refractivity contribution in [3.05, 3.63) is 27.7 Å². The number of halogens is 1. The highest BCUT2D eigenvalue weighted by molar-refractivity contribution is 9.10. The molecule has 1 rings (SSSR count). The van der Waals surface area contributed by atoms with Gasteiger partial charge in [0.2, 0.25) is 0 Å². The number of carbonyl (C=O) groups excluding carboxylic acids is 1. The SMILES string of the molecule is Cc1cc(Br)cc(C)c1NC(=O)C(=O)O. The number of rotatable bonds is 1. The van der Waals surface area contributed by atoms with Gasteiger partial charge in [-0.2, -0.15) is 0 Å². The minimum atomic E-state index is -1.49. The van der Waals surface area contributed by atoms with Crippen molar-refractivity contribution < 1.29 is 14.7 Å². The fourth-order valence-electron chi connectivity index (χ4n) is 1.27. The van der Waals surface area contributed by atoms with E-state index in [2.05, 4.69) is 21.2 Å². The summed E-state index contributed by atoms with van der Waals surface area (Å²) in [6.07, 6.45) is 0. The molecule has 80 valence electrons. The van der Waals surface area contributed by atoms with Gasteiger partial charge in [-0.1, -0.05) is 15.9 Å². The maximum Gasteiger partial charge on any atom is 0.394 e. The molecular weight excluding hydrogens is 262 g/mol. The van der Waals surface area contributed by atoms with Crippen molar-refractivity contribution in [1.82, 2.24) is 0 Å². The molecule has 0 fully saturated rings. The molecule has 0 heterocycles. The summed E-state index contributed by atoms with van der Waals surface area (Å²) in [5.41, 5.74) is 2.18. The zero-order valence-electron chi connectivity index (χ0n) is 8.30. The number of aliphatic carboxylic acids is 1. The van der Waals surface area contributed by atoms with Crippen LogP contribution in [-0.2, 0) is 9.59 Å². The number of amides is 1. The van der Waals surface area contributed by atoms with E-state index >= 15 is 0 Å². The summed E-state index contributed by atoms with van der Waals surface area (Å²) in [5.74, 6) is -2.51. The average molecular weight is 272 g/mol. The third kappa shape index (κ3) is 2.79. The van der Waals surface area contributed by atoms with Crippen LogP contribution >= 0.6 is 15.9 Å². The average Bonchev–Trinajstić information content (AvgIpc) is 2.10. The van der Waals surface area contributed by atoms with Gasteiger partial charge in [-0.25, -0.2) is 4.79 Å². The molecule has 0 radical (unpaired) electrons. The van der Waals surface area contributed by atoms with Gasteiger partial charge in [0.25, 0.3) is 0 Å². The van der Waals surface area contributed by atoms with Gasteiger partial charge in [-0.15, -0.1) is 0 Å². The lowest BCUT2D eigenvalue weighted by Crippen LogP contribution is -2.22. The Morgan fingerprint density at radius 3 is 2.13 bits per heavy atom. The fourth-order valence-corrected chi connectivity index (χ4v) is 1.96. The maximum absolute atomic E-state index is 11.0. The van der Waals surface area contributed by atoms with Gasteiger partial charge < -0.3 is 10.4 Å². The lowest BCUT2D eigenvalue weighted by atomic mass is 10.1. The number of hydrogen-bond donors (Lipinski definition) is 2. The van der Waals surface area contributed by atoms with Crippen LogP contribution in [0.4, 0.5) is 5.69 Å². The van der Waals surface area contributed by atoms with Crippen molar-refractivity contribution in [2.75, 3.05) is 5.32 Å². The van der Waals surface area contributed by atoms with E-state index in [-0.39, 0.29) is 0 Å². The van der Waals surface area contributed by atoms with Gasteiger partial charge >= 0.3 is 11.9 Å². The van der Waals surface area contributed by atoms with Gasteiger partial charge in [-0.3, -0.25) is 4.79 Å². The largest absolute Gasteiger partial charge is 0.474 e. The Bertz CT molecular complexity index is 406. The Balaban J connectivity index is 3.05. The Hall–Kier alpha value is -1.36. The molecule has 0 spiro atoms. The Morgan fingerprint density at radius 1 is 1.27 bits per heavy atom. The summed E-state index contributed by atoms with van der Waals surface area (Å²) in [6, 6.07) is 3.62. The van der Waals surface area contributed by atoms with Crippen molar-refractivity contribution in [3.63, 3.8) is 0 Å². The second-order valence-electron chi connectivity index (χ2n) is 3.17. The van der Waals surface area contributed by atoms with Gasteiger partial charge in [0.05, 0.1) is 0 Å². The van der Waals surface area contributed by atoms with E-state index < -0.39 is 11.9 Å². The summed E-state index contributed by atoms with van der Waals surface area (Å²) < 4.78 is 0.894. The van der Waals surface area contributed by atoms with Crippen LogP contribution in [0.25, 0.3) is 0 Å². The number of benzene rings is 1. The highest BCUT2D eigenvalue weighted by atomic mass is 79.9. The van der Waals surface area contributed by atoms with E-state index in [0.717, 1.165) is 15.6 Å². The van der Waals surface area contributed by atoms with E-state index in [1.54, 1.807) is 13.8 Å². The second-order valence-corrected chi connectivity index (χ2v) is 4.09. The first-order valence-corrected chi connectivity index (χ1v) is 5.02. The maximum atomic E-state index is 11.0. The molecule has 0 aliphatic rings. The normalized spacial score (nSPS) is 9.80. The van der Waals surface area contributed by atoms with Gasteiger partial charge in [0, 0.05) is 10.2 Å². The molecule has 0 aromatic heterocycles. The molecule has 0 saturated carbocycles. The molecule has 0 bridgehead atoms. The first-order valence-electron chi connectivity index (χ1n) is 4.23. The van der Waals surface area contributed by atoms with Gasteiger partial charge in [0.1, 0.15) is 0 Å². The van der Waals surface area contributed by atoms with Crippen molar-refractivity contribution >= 4 is 33.5 Å². The smallest absolute Gasteiger partial charge is 0.394 e. The van der Waals surface area contributed by atoms with Crippen LogP contribution in [-0.4, -0.2) is 17.0 Å². The molecule has 1 amide bonds. The molecule has 1 aromatic rings. The number of carboxylic acid groups (broad SMARTS) is 1. The molecule has 0 aliphatic carbocycles. The van der Waals surface area contributed by atoms with Crippen LogP contribution in [0, 0.1) is 13.8 Å². The van der Waals surface area contributed by atoms with Crippen LogP contribution in [0.5, 0.6) is 0 Å². The summed E-state index contributed by atoms with van der Waals surface area (Å²) in [5, 5.41) is 10.8. The molecule has 5 heteroatoms. The Kier molecular flexibility index (Phi) is 3.47. The molecule has 0 saturated heterocycles. The number of nitrogens with one attached hydrogen (secondary N) is 1. The summed E-state index contributed by atoms with van der Waals surface area (Å²) in [6.45, 7) is 3.60. The summed E-state index contributed by atoms with van der Waals surface area (Å²) in [4.78, 5) is 21.4. The Labute approximate surface area is 95.4 Å². The van der Waals surface area contributed by atoms with E-state index in [1.807, 2.05) is 12.1 Å². The predicted molar refractivity (Wildman–Crippen MR) is 59.9 cm³/mol. The van der Waals surface area contributed by atoms with E-state index in [1.165, 1.54) is 0 Å².